The molecule has 1 aliphatic heterocycles. The lowest BCUT2D eigenvalue weighted by atomic mass is 10.1. The van der Waals surface area contributed by atoms with Gasteiger partial charge in [0.1, 0.15) is 5.52 Å². The topological polar surface area (TPSA) is 68.8 Å². The molecule has 1 saturated heterocycles. The first kappa shape index (κ1) is 13.9. The van der Waals surface area contributed by atoms with Crippen LogP contribution in [0.2, 0.25) is 0 Å². The van der Waals surface area contributed by atoms with Gasteiger partial charge in [-0.3, -0.25) is 9.48 Å². The predicted octanol–water partition coefficient (Wildman–Crippen LogP) is 1.68. The number of hydrogen-bond acceptors (Lipinski definition) is 4. The number of aryl methyl sites for hydroxylation is 2. The first-order valence-corrected chi connectivity index (χ1v) is 7.72. The molecule has 7 heteroatoms. The number of nitrogens with zero attached hydrogens (tertiary/aromatic N) is 6. The lowest BCUT2D eigenvalue weighted by molar-refractivity contribution is 0.0736. The summed E-state index contributed by atoms with van der Waals surface area (Å²) in [5.41, 5.74) is 3.43. The molecule has 0 radical (unpaired) electrons. The van der Waals surface area contributed by atoms with Gasteiger partial charge in [-0.05, 0) is 31.0 Å². The summed E-state index contributed by atoms with van der Waals surface area (Å²) in [6.45, 7) is 0.775. The second kappa shape index (κ2) is 5.19. The molecule has 3 heterocycles. The van der Waals surface area contributed by atoms with Crippen LogP contribution < -0.4 is 0 Å². The number of aromatic nitrogens is 5. The second-order valence-corrected chi connectivity index (χ2v) is 6.02. The molecule has 1 fully saturated rings. The van der Waals surface area contributed by atoms with Gasteiger partial charge in [-0.15, -0.1) is 5.10 Å². The van der Waals surface area contributed by atoms with Gasteiger partial charge in [0.25, 0.3) is 5.91 Å². The molecule has 0 N–H and O–H groups in total. The normalized spacial score (nSPS) is 18.0. The van der Waals surface area contributed by atoms with Crippen LogP contribution in [-0.4, -0.2) is 42.1 Å². The lowest BCUT2D eigenvalue weighted by Crippen LogP contribution is -2.30. The molecule has 23 heavy (non-hydrogen) atoms. The Labute approximate surface area is 133 Å². The largest absolute Gasteiger partial charge is 0.331 e. The third-order valence-corrected chi connectivity index (χ3v) is 4.48. The molecular weight excluding hydrogens is 292 g/mol. The standard InChI is InChI=1S/C16H18N6O/c1-20-10-12(9-17-20)14-4-3-7-22(14)16(23)11-5-6-15-13(8-11)18-19-21(15)2/h5-6,8-10,14H,3-4,7H2,1-2H3/t14-/m0/s1. The van der Waals surface area contributed by atoms with Crippen molar-refractivity contribution in [2.45, 2.75) is 18.9 Å². The molecule has 0 bridgehead atoms. The van der Waals surface area contributed by atoms with E-state index in [1.54, 1.807) is 9.36 Å². The molecule has 0 saturated carbocycles. The van der Waals surface area contributed by atoms with Crippen molar-refractivity contribution in [3.05, 3.63) is 41.7 Å². The van der Waals surface area contributed by atoms with Crippen LogP contribution in [0.4, 0.5) is 0 Å². The molecule has 1 aromatic carbocycles. The highest BCUT2D eigenvalue weighted by Gasteiger charge is 2.31. The maximum Gasteiger partial charge on any atom is 0.254 e. The number of amides is 1. The molecule has 1 atom stereocenters. The molecule has 118 valence electrons. The third-order valence-electron chi connectivity index (χ3n) is 4.48. The number of carbonyl (C=O) groups excluding carboxylic acids is 1. The zero-order valence-electron chi connectivity index (χ0n) is 13.2. The summed E-state index contributed by atoms with van der Waals surface area (Å²) >= 11 is 0. The fourth-order valence-corrected chi connectivity index (χ4v) is 3.31. The molecule has 2 aromatic heterocycles. The summed E-state index contributed by atoms with van der Waals surface area (Å²) in [6.07, 6.45) is 5.83. The average Bonchev–Trinajstić information content (AvgIpc) is 3.26. The van der Waals surface area contributed by atoms with Gasteiger partial charge in [0.15, 0.2) is 0 Å². The number of benzene rings is 1. The summed E-state index contributed by atoms with van der Waals surface area (Å²) < 4.78 is 3.49. The van der Waals surface area contributed by atoms with Gasteiger partial charge in [0.05, 0.1) is 17.8 Å². The Hall–Kier alpha value is -2.70. The number of rotatable bonds is 2. The minimum Gasteiger partial charge on any atom is -0.331 e. The van der Waals surface area contributed by atoms with Crippen LogP contribution in [-0.2, 0) is 14.1 Å². The minimum absolute atomic E-state index is 0.0453. The number of carbonyl (C=O) groups is 1. The Morgan fingerprint density at radius 2 is 2.17 bits per heavy atom. The minimum atomic E-state index is 0.0453. The smallest absolute Gasteiger partial charge is 0.254 e. The van der Waals surface area contributed by atoms with E-state index in [4.69, 9.17) is 0 Å². The van der Waals surface area contributed by atoms with Crippen LogP contribution in [0.25, 0.3) is 11.0 Å². The Balaban J connectivity index is 1.66. The number of likely N-dealkylation sites (tertiary alicyclic amines) is 1. The van der Waals surface area contributed by atoms with Gasteiger partial charge in [-0.2, -0.15) is 5.10 Å². The predicted molar refractivity (Wildman–Crippen MR) is 84.7 cm³/mol. The zero-order valence-corrected chi connectivity index (χ0v) is 13.2. The number of fused-ring (bicyclic) bond motifs is 1. The van der Waals surface area contributed by atoms with E-state index in [0.717, 1.165) is 36.0 Å². The van der Waals surface area contributed by atoms with E-state index in [9.17, 15) is 4.79 Å². The van der Waals surface area contributed by atoms with Crippen LogP contribution in [0.1, 0.15) is 34.8 Å². The fourth-order valence-electron chi connectivity index (χ4n) is 3.31. The van der Waals surface area contributed by atoms with Gasteiger partial charge in [-0.1, -0.05) is 5.21 Å². The van der Waals surface area contributed by atoms with Gasteiger partial charge in [0.2, 0.25) is 0 Å². The maximum atomic E-state index is 12.9. The van der Waals surface area contributed by atoms with Crippen molar-refractivity contribution in [1.82, 2.24) is 29.7 Å². The van der Waals surface area contributed by atoms with Gasteiger partial charge in [-0.25, -0.2) is 4.68 Å². The van der Waals surface area contributed by atoms with Crippen molar-refractivity contribution in [3.63, 3.8) is 0 Å². The zero-order chi connectivity index (χ0) is 16.0. The van der Waals surface area contributed by atoms with Crippen molar-refractivity contribution in [2.24, 2.45) is 14.1 Å². The van der Waals surface area contributed by atoms with Crippen LogP contribution in [0.15, 0.2) is 30.6 Å². The quantitative estimate of drug-likeness (QED) is 0.722. The highest BCUT2D eigenvalue weighted by atomic mass is 16.2. The molecule has 0 aliphatic carbocycles. The molecule has 7 nitrogen and oxygen atoms in total. The second-order valence-electron chi connectivity index (χ2n) is 6.02. The lowest BCUT2D eigenvalue weighted by Gasteiger charge is -2.24. The Morgan fingerprint density at radius 3 is 2.96 bits per heavy atom. The monoisotopic (exact) mass is 310 g/mol. The van der Waals surface area contributed by atoms with Crippen molar-refractivity contribution in [1.29, 1.82) is 0 Å². The van der Waals surface area contributed by atoms with E-state index in [2.05, 4.69) is 15.4 Å². The molecule has 1 aliphatic rings. The Kier molecular flexibility index (Phi) is 3.14. The van der Waals surface area contributed by atoms with Gasteiger partial charge >= 0.3 is 0 Å². The van der Waals surface area contributed by atoms with Crippen LogP contribution >= 0.6 is 0 Å². The van der Waals surface area contributed by atoms with E-state index in [1.165, 1.54) is 0 Å². The molecule has 0 unspecified atom stereocenters. The summed E-state index contributed by atoms with van der Waals surface area (Å²) in [7, 11) is 3.74. The van der Waals surface area contributed by atoms with E-state index in [0.29, 0.717) is 5.56 Å². The number of hydrogen-bond donors (Lipinski definition) is 0. The maximum absolute atomic E-state index is 12.9. The van der Waals surface area contributed by atoms with Crippen molar-refractivity contribution < 1.29 is 4.79 Å². The molecule has 4 rings (SSSR count). The van der Waals surface area contributed by atoms with Gasteiger partial charge in [0, 0.05) is 38.0 Å². The van der Waals surface area contributed by atoms with Gasteiger partial charge < -0.3 is 4.90 Å². The summed E-state index contributed by atoms with van der Waals surface area (Å²) in [5, 5.41) is 12.3. The van der Waals surface area contributed by atoms with Crippen molar-refractivity contribution in [2.75, 3.05) is 6.54 Å². The SMILES string of the molecule is Cn1cc([C@@H]2CCCN2C(=O)c2ccc3c(c2)nnn3C)cn1. The highest BCUT2D eigenvalue weighted by molar-refractivity contribution is 5.97. The van der Waals surface area contributed by atoms with E-state index in [1.807, 2.05) is 49.6 Å². The van der Waals surface area contributed by atoms with Crippen LogP contribution in [0.3, 0.4) is 0 Å². The molecule has 3 aromatic rings. The molecular formula is C16H18N6O. The van der Waals surface area contributed by atoms with E-state index in [-0.39, 0.29) is 11.9 Å². The first-order chi connectivity index (χ1) is 11.1. The first-order valence-electron chi connectivity index (χ1n) is 7.72. The highest BCUT2D eigenvalue weighted by Crippen LogP contribution is 2.33. The van der Waals surface area contributed by atoms with Crippen LogP contribution in [0, 0.1) is 0 Å². The summed E-state index contributed by atoms with van der Waals surface area (Å²) in [4.78, 5) is 14.9. The van der Waals surface area contributed by atoms with E-state index >= 15 is 0 Å². The average molecular weight is 310 g/mol. The third kappa shape index (κ3) is 2.28. The Bertz CT molecular complexity index is 880. The van der Waals surface area contributed by atoms with Crippen molar-refractivity contribution >= 4 is 16.9 Å². The van der Waals surface area contributed by atoms with Crippen LogP contribution in [0.5, 0.6) is 0 Å². The molecule has 0 spiro atoms. The molecule has 1 amide bonds. The fraction of sp³-hybridized carbons (Fsp3) is 0.375. The van der Waals surface area contributed by atoms with Crippen molar-refractivity contribution in [3.8, 4) is 0 Å². The van der Waals surface area contributed by atoms with E-state index < -0.39 is 0 Å². The summed E-state index contributed by atoms with van der Waals surface area (Å²) in [6, 6.07) is 5.68. The summed E-state index contributed by atoms with van der Waals surface area (Å²) in [5.74, 6) is 0.0453. The Morgan fingerprint density at radius 1 is 1.30 bits per heavy atom.